The van der Waals surface area contributed by atoms with Crippen LogP contribution < -0.4 is 0 Å². The van der Waals surface area contributed by atoms with Crippen LogP contribution in [0.3, 0.4) is 0 Å². The van der Waals surface area contributed by atoms with Crippen LogP contribution in [-0.4, -0.2) is 187 Å². The summed E-state index contributed by atoms with van der Waals surface area (Å²) in [6.07, 6.45) is -22.7. The van der Waals surface area contributed by atoms with Gasteiger partial charge in [0, 0.05) is 35.6 Å². The van der Waals surface area contributed by atoms with Gasteiger partial charge in [-0.2, -0.15) is 0 Å². The standard InChI is InChI=1S/C73H71N5O22/c1-41(79)34-35-53(80)89-38-51-59(99-72-54(77-63(82)46-30-16-17-31-47(46)64(77)83)56(81)57-50(93-72)39-90-69(97-57)44-26-12-6-13-27-44)61(95-67(86)42-22-8-4-9-23-42)62(96-68(87)43-24-10-5-11-25-43)73(94-51)100-60-55(78-65(84)48-32-18-19-33-49(48)66(78)85)71(88-37-21-3-2-20-36-75-76-74)92-52-40-91-70(98-58(52)60)45-28-14-7-15-29-45/h4-19,22-33,50-52,54-62,69-73,81H,2-3,20-21,34-40H2,1H3/t50-,51-,52-,54-,55-,56-,57-,58-,59-,60-,61+,62-,69-,70-,71-,72+,73+/m1/s1. The summed E-state index contributed by atoms with van der Waals surface area (Å²) in [6, 6.07) is 41.7. The van der Waals surface area contributed by atoms with Crippen molar-refractivity contribution in [3.63, 3.8) is 0 Å². The number of ketones is 1. The second kappa shape index (κ2) is 31.4. The van der Waals surface area contributed by atoms with Crippen LogP contribution in [0.5, 0.6) is 0 Å². The smallest absolute Gasteiger partial charge is 0.338 e. The van der Waals surface area contributed by atoms with Crippen molar-refractivity contribution in [3.05, 3.63) is 225 Å². The number of hydrogen-bond donors (Lipinski definition) is 1. The van der Waals surface area contributed by atoms with E-state index >= 15 is 19.2 Å². The third-order valence-electron chi connectivity index (χ3n) is 18.3. The minimum absolute atomic E-state index is 0.0116. The van der Waals surface area contributed by atoms with Gasteiger partial charge in [-0.1, -0.05) is 139 Å². The molecule has 0 aliphatic carbocycles. The van der Waals surface area contributed by atoms with Gasteiger partial charge in [0.15, 0.2) is 43.7 Å². The molecule has 7 heterocycles. The maximum Gasteiger partial charge on any atom is 0.338 e. The van der Waals surface area contributed by atoms with Crippen molar-refractivity contribution in [1.82, 2.24) is 9.80 Å². The lowest BCUT2D eigenvalue weighted by Crippen LogP contribution is -2.72. The highest BCUT2D eigenvalue weighted by atomic mass is 16.8. The second-order valence-corrected chi connectivity index (χ2v) is 24.8. The van der Waals surface area contributed by atoms with Gasteiger partial charge in [0.2, 0.25) is 0 Å². The summed E-state index contributed by atoms with van der Waals surface area (Å²) in [4.78, 5) is 121. The molecule has 7 aliphatic rings. The third-order valence-corrected chi connectivity index (χ3v) is 18.3. The highest BCUT2D eigenvalue weighted by molar-refractivity contribution is 6.22. The number of ether oxygens (including phenoxy) is 13. The van der Waals surface area contributed by atoms with E-state index in [9.17, 15) is 24.3 Å². The number of esters is 3. The molecule has 0 bridgehead atoms. The maximum atomic E-state index is 15.2. The highest BCUT2D eigenvalue weighted by Gasteiger charge is 2.63. The molecule has 4 amide bonds. The van der Waals surface area contributed by atoms with Crippen molar-refractivity contribution in [3.8, 4) is 0 Å². The highest BCUT2D eigenvalue weighted by Crippen LogP contribution is 2.45. The average molecular weight is 1370 g/mol. The van der Waals surface area contributed by atoms with Crippen LogP contribution in [0, 0.1) is 0 Å². The molecule has 520 valence electrons. The molecule has 100 heavy (non-hydrogen) atoms. The summed E-state index contributed by atoms with van der Waals surface area (Å²) >= 11 is 0. The Balaban J connectivity index is 0.952. The van der Waals surface area contributed by atoms with Gasteiger partial charge in [-0.05, 0) is 73.8 Å². The fourth-order valence-electron chi connectivity index (χ4n) is 13.4. The SMILES string of the molecule is CC(=O)CCC(=O)OC[C@H]1O[C@@H](O[C@H]2[C@@H]3O[C@H](c4ccccc4)OC[C@H]3O[C@@H](OCCCCCCN=[N+]=[N-])[C@@H]2N2C(=O)c3ccccc3C2=O)[C@H](OC(=O)c2ccccc2)[C@@H](OC(=O)c2ccccc2)[C@@H]1O[C@@H]1O[C@@H]2CO[C@@H](c3ccccc3)O[C@H]2[C@H](O)[C@H]1N1C(=O)c2ccccc2C1=O. The minimum Gasteiger partial charge on any atom is -0.463 e. The lowest BCUT2D eigenvalue weighted by molar-refractivity contribution is -0.394. The summed E-state index contributed by atoms with van der Waals surface area (Å²) in [5.41, 5.74) is 9.95. The lowest BCUT2D eigenvalue weighted by atomic mass is 9.92. The number of carbonyl (C=O) groups excluding carboxylic acids is 8. The number of aliphatic hydroxyl groups excluding tert-OH is 1. The Bertz CT molecular complexity index is 3930. The zero-order valence-corrected chi connectivity index (χ0v) is 54.0. The van der Waals surface area contributed by atoms with Crippen molar-refractivity contribution in [2.45, 2.75) is 150 Å². The van der Waals surface area contributed by atoms with E-state index in [2.05, 4.69) is 10.0 Å². The van der Waals surface area contributed by atoms with Crippen molar-refractivity contribution in [1.29, 1.82) is 0 Å². The van der Waals surface area contributed by atoms with E-state index in [-0.39, 0.29) is 72.0 Å². The molecule has 5 fully saturated rings. The number of aliphatic hydroxyl groups is 1. The Morgan fingerprint density at radius 3 is 1.53 bits per heavy atom. The molecule has 0 spiro atoms. The van der Waals surface area contributed by atoms with Crippen molar-refractivity contribution in [2.75, 3.05) is 33.0 Å². The predicted molar refractivity (Wildman–Crippen MR) is 344 cm³/mol. The van der Waals surface area contributed by atoms with Crippen LogP contribution in [0.2, 0.25) is 0 Å². The van der Waals surface area contributed by atoms with E-state index in [0.29, 0.717) is 36.8 Å². The quantitative estimate of drug-likeness (QED) is 0.0108. The molecule has 0 radical (unpaired) electrons. The largest absolute Gasteiger partial charge is 0.463 e. The number of azide groups is 1. The van der Waals surface area contributed by atoms with Crippen molar-refractivity contribution < 1.29 is 105 Å². The van der Waals surface area contributed by atoms with E-state index in [0.717, 1.165) is 9.80 Å². The number of hydrogen-bond acceptors (Lipinski definition) is 23. The number of Topliss-reactive ketones (excluding diaryl/α,β-unsaturated/α-hetero) is 1. The number of nitrogens with zero attached hydrogens (tertiary/aromatic N) is 5. The molecule has 27 heteroatoms. The molecular formula is C73H71N5O22. The van der Waals surface area contributed by atoms with E-state index in [1.807, 2.05) is 0 Å². The molecular weight excluding hydrogens is 1300 g/mol. The van der Waals surface area contributed by atoms with Crippen molar-refractivity contribution >= 4 is 47.3 Å². The molecule has 0 aromatic heterocycles. The number of unbranched alkanes of at least 4 members (excludes halogenated alkanes) is 3. The zero-order chi connectivity index (χ0) is 69.4. The van der Waals surface area contributed by atoms with Crippen LogP contribution >= 0.6 is 0 Å². The first-order valence-electron chi connectivity index (χ1n) is 33.1. The van der Waals surface area contributed by atoms with Crippen LogP contribution in [0.25, 0.3) is 10.4 Å². The van der Waals surface area contributed by atoms with E-state index in [1.165, 1.54) is 55.5 Å². The number of imide groups is 2. The molecule has 27 nitrogen and oxygen atoms in total. The molecule has 6 aromatic rings. The van der Waals surface area contributed by atoms with Crippen molar-refractivity contribution in [2.24, 2.45) is 5.11 Å². The first-order valence-corrected chi connectivity index (χ1v) is 33.1. The fraction of sp³-hybridized carbons (Fsp3) is 0.397. The van der Waals surface area contributed by atoms with Gasteiger partial charge >= 0.3 is 17.9 Å². The summed E-state index contributed by atoms with van der Waals surface area (Å²) in [7, 11) is 0. The normalized spacial score (nSPS) is 29.1. The molecule has 1 N–H and O–H groups in total. The van der Waals surface area contributed by atoms with Gasteiger partial charge in [0.1, 0.15) is 73.3 Å². The Kier molecular flexibility index (Phi) is 21.7. The van der Waals surface area contributed by atoms with Crippen LogP contribution in [-0.2, 0) is 71.2 Å². The van der Waals surface area contributed by atoms with Gasteiger partial charge < -0.3 is 71.5 Å². The van der Waals surface area contributed by atoms with Gasteiger partial charge in [0.25, 0.3) is 23.6 Å². The summed E-state index contributed by atoms with van der Waals surface area (Å²) < 4.78 is 86.9. The number of rotatable bonds is 25. The molecule has 17 atom stereocenters. The second-order valence-electron chi connectivity index (χ2n) is 24.8. The Morgan fingerprint density at radius 1 is 0.520 bits per heavy atom. The molecule has 6 aromatic carbocycles. The minimum atomic E-state index is -2.09. The van der Waals surface area contributed by atoms with Crippen LogP contribution in [0.4, 0.5) is 0 Å². The Hall–Kier alpha value is -9.45. The van der Waals surface area contributed by atoms with E-state index < -0.39 is 159 Å². The maximum absolute atomic E-state index is 15.2. The number of fused-ring (bicyclic) bond motifs is 4. The molecule has 7 aliphatic heterocycles. The fourth-order valence-corrected chi connectivity index (χ4v) is 13.4. The molecule has 5 saturated heterocycles. The molecule has 0 unspecified atom stereocenters. The number of carbonyl (C=O) groups is 8. The van der Waals surface area contributed by atoms with Gasteiger partial charge in [-0.15, -0.1) is 0 Å². The number of amides is 4. The average Bonchev–Trinajstić information content (AvgIpc) is 1.29. The summed E-state index contributed by atoms with van der Waals surface area (Å²) in [5.74, 6) is -6.62. The van der Waals surface area contributed by atoms with Crippen LogP contribution in [0.1, 0.15) is 131 Å². The summed E-state index contributed by atoms with van der Waals surface area (Å²) in [6.45, 7) is 0.241. The first kappa shape index (κ1) is 69.0. The Labute approximate surface area is 572 Å². The summed E-state index contributed by atoms with van der Waals surface area (Å²) in [5, 5.41) is 16.6. The third kappa shape index (κ3) is 14.7. The van der Waals surface area contributed by atoms with Gasteiger partial charge in [0.05, 0.1) is 53.0 Å². The van der Waals surface area contributed by atoms with E-state index in [1.54, 1.807) is 121 Å². The molecule has 13 rings (SSSR count). The zero-order valence-electron chi connectivity index (χ0n) is 54.0. The monoisotopic (exact) mass is 1370 g/mol. The Morgan fingerprint density at radius 2 is 0.990 bits per heavy atom. The molecule has 0 saturated carbocycles. The lowest BCUT2D eigenvalue weighted by Gasteiger charge is -2.53. The van der Waals surface area contributed by atoms with Crippen LogP contribution in [0.15, 0.2) is 175 Å². The van der Waals surface area contributed by atoms with E-state index in [4.69, 9.17) is 67.1 Å². The van der Waals surface area contributed by atoms with Gasteiger partial charge in [-0.25, -0.2) is 9.59 Å². The first-order chi connectivity index (χ1) is 48.7. The topological polar surface area (TPSA) is 332 Å². The number of benzene rings is 6. The van der Waals surface area contributed by atoms with Gasteiger partial charge in [-0.3, -0.25) is 33.8 Å². The predicted octanol–water partition coefficient (Wildman–Crippen LogP) is 8.10.